The molecule has 0 spiro atoms. The molecule has 8 rings (SSSR count). The first kappa shape index (κ1) is 44.5. The number of aromatic nitrogens is 4. The molecule has 3 saturated heterocycles. The highest BCUT2D eigenvalue weighted by Crippen LogP contribution is 2.42. The lowest BCUT2D eigenvalue weighted by Gasteiger charge is -2.44. The maximum atomic E-state index is 13.5. The number of halogens is 1. The summed E-state index contributed by atoms with van der Waals surface area (Å²) in [6.07, 6.45) is 8.95. The number of hydrogen-bond donors (Lipinski definition) is 3. The summed E-state index contributed by atoms with van der Waals surface area (Å²) < 4.78 is 20.1. The van der Waals surface area contributed by atoms with Crippen molar-refractivity contribution in [3.63, 3.8) is 0 Å². The molecule has 332 valence electrons. The molecule has 17 heteroatoms. The molecule has 3 aliphatic rings. The molecular formula is C46H57BrN11O4P. The fourth-order valence-electron chi connectivity index (χ4n) is 9.12. The molecule has 0 aliphatic carbocycles. The Balaban J connectivity index is 0.858. The molecule has 5 aromatic rings. The van der Waals surface area contributed by atoms with Crippen LogP contribution in [-0.4, -0.2) is 127 Å². The number of piperazine rings is 1. The number of imide groups is 1. The van der Waals surface area contributed by atoms with E-state index in [1.165, 1.54) is 11.3 Å². The summed E-state index contributed by atoms with van der Waals surface area (Å²) in [5.41, 5.74) is 7.19. The zero-order valence-electron chi connectivity index (χ0n) is 36.7. The molecule has 3 fully saturated rings. The van der Waals surface area contributed by atoms with Crippen molar-refractivity contribution in [2.45, 2.75) is 51.0 Å². The number of carbonyl (C=O) groups excluding carboxylic acids is 2. The van der Waals surface area contributed by atoms with E-state index in [1.807, 2.05) is 24.3 Å². The second-order valence-corrected chi connectivity index (χ2v) is 21.0. The summed E-state index contributed by atoms with van der Waals surface area (Å²) in [4.78, 5) is 52.5. The Bertz CT molecular complexity index is 2520. The van der Waals surface area contributed by atoms with Gasteiger partial charge in [0, 0.05) is 108 Å². The predicted octanol–water partition coefficient (Wildman–Crippen LogP) is 6.73. The van der Waals surface area contributed by atoms with Crippen LogP contribution < -0.4 is 35.8 Å². The fraction of sp³-hybridized carbons (Fsp3) is 0.435. The first-order valence-electron chi connectivity index (χ1n) is 21.8. The van der Waals surface area contributed by atoms with Gasteiger partial charge in [-0.15, -0.1) is 0 Å². The third-order valence-electron chi connectivity index (χ3n) is 12.6. The topological polar surface area (TPSA) is 161 Å². The molecule has 63 heavy (non-hydrogen) atoms. The van der Waals surface area contributed by atoms with Gasteiger partial charge >= 0.3 is 0 Å². The Kier molecular flexibility index (Phi) is 13.6. The van der Waals surface area contributed by atoms with Crippen molar-refractivity contribution in [1.82, 2.24) is 35.1 Å². The number of likely N-dealkylation sites (N-methyl/N-ethyl adjacent to an activating group) is 1. The van der Waals surface area contributed by atoms with Gasteiger partial charge in [0.1, 0.15) is 24.2 Å². The molecule has 1 unspecified atom stereocenters. The number of benzene rings is 3. The zero-order valence-corrected chi connectivity index (χ0v) is 39.2. The molecule has 15 nitrogen and oxygen atoms in total. The van der Waals surface area contributed by atoms with Crippen molar-refractivity contribution >= 4 is 85.7 Å². The highest BCUT2D eigenvalue weighted by Gasteiger charge is 2.30. The minimum Gasteiger partial charge on any atom is -0.494 e. The van der Waals surface area contributed by atoms with E-state index in [0.717, 1.165) is 88.6 Å². The zero-order chi connectivity index (χ0) is 44.3. The normalized spacial score (nSPS) is 18.1. The molecule has 0 radical (unpaired) electrons. The van der Waals surface area contributed by atoms with Gasteiger partial charge in [-0.05, 0) is 96.4 Å². The summed E-state index contributed by atoms with van der Waals surface area (Å²) in [7, 11) is 1.03. The Morgan fingerprint density at radius 3 is 2.44 bits per heavy atom. The average Bonchev–Trinajstić information content (AvgIpc) is 3.29. The SMILES string of the molecule is CCc1cc(Nc2ncc(Br)c(Nc3ccc4nccnc4c3P(C)(C)=O)n2)c(OC)cc1N1CCC(N2CCN(CCN(C)c3cccc(C4CCC(=O)NC4=O)c3)CC2)CC1. The van der Waals surface area contributed by atoms with Crippen LogP contribution >= 0.6 is 23.1 Å². The lowest BCUT2D eigenvalue weighted by Crippen LogP contribution is -2.54. The molecule has 5 heterocycles. The number of aryl methyl sites for hydroxylation is 1. The summed E-state index contributed by atoms with van der Waals surface area (Å²) in [6.45, 7) is 13.7. The minimum atomic E-state index is -2.77. The molecule has 2 aromatic heterocycles. The number of methoxy groups -OCH3 is 1. The number of nitrogens with zero attached hydrogens (tertiary/aromatic N) is 8. The van der Waals surface area contributed by atoms with Crippen LogP contribution in [0.1, 0.15) is 49.7 Å². The predicted molar refractivity (Wildman–Crippen MR) is 255 cm³/mol. The van der Waals surface area contributed by atoms with Crippen molar-refractivity contribution in [2.75, 3.05) is 100 Å². The molecule has 3 aromatic carbocycles. The molecule has 3 N–H and O–H groups in total. The van der Waals surface area contributed by atoms with Crippen molar-refractivity contribution in [3.05, 3.63) is 82.7 Å². The summed E-state index contributed by atoms with van der Waals surface area (Å²) >= 11 is 3.60. The van der Waals surface area contributed by atoms with Gasteiger partial charge in [0.05, 0.1) is 39.7 Å². The average molecular weight is 939 g/mol. The van der Waals surface area contributed by atoms with E-state index in [4.69, 9.17) is 9.72 Å². The Morgan fingerprint density at radius 1 is 0.937 bits per heavy atom. The van der Waals surface area contributed by atoms with Crippen molar-refractivity contribution < 1.29 is 18.9 Å². The number of ether oxygens (including phenoxy) is 1. The highest BCUT2D eigenvalue weighted by molar-refractivity contribution is 9.10. The molecule has 3 aliphatic heterocycles. The standard InChI is InChI=1S/C46H57BrN11O4P/c1-6-30-27-38(52-46-50-29-35(47)44(54-46)51-37-12-11-36-42(49-17-16-48-36)43(37)63(4,5)61)40(62-3)28-39(30)58-18-14-32(15-19-58)57-24-22-56(23-25-57)21-20-55(2)33-9-7-8-31(26-33)34-10-13-41(59)53-45(34)60/h7-9,11-12,16-17,26-29,32,34H,6,10,13-15,18-25H2,1-5H3,(H,53,59,60)(H2,50,51,52,54). The van der Waals surface area contributed by atoms with Crippen molar-refractivity contribution in [3.8, 4) is 5.75 Å². The molecule has 0 saturated carbocycles. The lowest BCUT2D eigenvalue weighted by molar-refractivity contribution is -0.134. The Morgan fingerprint density at radius 2 is 1.71 bits per heavy atom. The van der Waals surface area contributed by atoms with Crippen LogP contribution in [0.2, 0.25) is 0 Å². The monoisotopic (exact) mass is 937 g/mol. The van der Waals surface area contributed by atoms with E-state index in [9.17, 15) is 14.2 Å². The molecular weight excluding hydrogens is 881 g/mol. The quantitative estimate of drug-likeness (QED) is 0.0794. The molecule has 1 atom stereocenters. The van der Waals surface area contributed by atoms with Gasteiger partial charge in [-0.2, -0.15) is 4.98 Å². The van der Waals surface area contributed by atoms with Crippen LogP contribution in [0.25, 0.3) is 11.0 Å². The van der Waals surface area contributed by atoms with Gasteiger partial charge in [-0.1, -0.05) is 19.1 Å². The van der Waals surface area contributed by atoms with Crippen LogP contribution in [0.5, 0.6) is 5.75 Å². The van der Waals surface area contributed by atoms with Crippen molar-refractivity contribution in [1.29, 1.82) is 0 Å². The van der Waals surface area contributed by atoms with Crippen LogP contribution in [0, 0.1) is 0 Å². The number of carbonyl (C=O) groups is 2. The first-order valence-corrected chi connectivity index (χ1v) is 25.2. The fourth-order valence-corrected chi connectivity index (χ4v) is 10.8. The van der Waals surface area contributed by atoms with Crippen molar-refractivity contribution in [2.24, 2.45) is 0 Å². The molecule has 0 bridgehead atoms. The van der Waals surface area contributed by atoms with Gasteiger partial charge in [-0.3, -0.25) is 34.7 Å². The summed E-state index contributed by atoms with van der Waals surface area (Å²) in [6, 6.07) is 16.8. The Labute approximate surface area is 377 Å². The van der Waals surface area contributed by atoms with Crippen LogP contribution in [0.4, 0.5) is 34.5 Å². The largest absolute Gasteiger partial charge is 0.494 e. The van der Waals surface area contributed by atoms with E-state index in [0.29, 0.717) is 62.9 Å². The third-order valence-corrected chi connectivity index (χ3v) is 14.7. The number of rotatable bonds is 14. The second kappa shape index (κ2) is 19.3. The van der Waals surface area contributed by atoms with Gasteiger partial charge < -0.3 is 29.7 Å². The summed E-state index contributed by atoms with van der Waals surface area (Å²) in [5, 5.41) is 9.90. The number of amides is 2. The number of fused-ring (bicyclic) bond motifs is 1. The maximum Gasteiger partial charge on any atom is 0.234 e. The van der Waals surface area contributed by atoms with E-state index < -0.39 is 7.14 Å². The first-order chi connectivity index (χ1) is 30.4. The maximum absolute atomic E-state index is 13.5. The van der Waals surface area contributed by atoms with E-state index in [1.54, 1.807) is 39.0 Å². The highest BCUT2D eigenvalue weighted by atomic mass is 79.9. The Hall–Kier alpha value is -5.15. The van der Waals surface area contributed by atoms with Gasteiger partial charge in [-0.25, -0.2) is 4.98 Å². The van der Waals surface area contributed by atoms with Crippen LogP contribution in [0.15, 0.2) is 71.6 Å². The number of piperidine rings is 2. The number of anilines is 6. The number of hydrogen-bond acceptors (Lipinski definition) is 14. The molecule has 2 amide bonds. The second-order valence-electron chi connectivity index (χ2n) is 17.0. The van der Waals surface area contributed by atoms with E-state index in [2.05, 4.69) is 105 Å². The van der Waals surface area contributed by atoms with Crippen LogP contribution in [0.3, 0.4) is 0 Å². The van der Waals surface area contributed by atoms with Gasteiger partial charge in [0.25, 0.3) is 0 Å². The minimum absolute atomic E-state index is 0.185. The summed E-state index contributed by atoms with van der Waals surface area (Å²) in [5.74, 6) is 0.955. The smallest absolute Gasteiger partial charge is 0.234 e. The van der Waals surface area contributed by atoms with Crippen LogP contribution in [-0.2, 0) is 20.6 Å². The van der Waals surface area contributed by atoms with E-state index >= 15 is 0 Å². The number of nitrogens with one attached hydrogen (secondary N) is 3. The third kappa shape index (κ3) is 10.1. The lowest BCUT2D eigenvalue weighted by atomic mass is 9.90. The van der Waals surface area contributed by atoms with Gasteiger partial charge in [0.2, 0.25) is 17.8 Å². The van der Waals surface area contributed by atoms with E-state index in [-0.39, 0.29) is 17.7 Å². The van der Waals surface area contributed by atoms with Gasteiger partial charge in [0.15, 0.2) is 0 Å².